The minimum Gasteiger partial charge on any atom is -0.389 e. The highest BCUT2D eigenvalue weighted by Gasteiger charge is 2.22. The van der Waals surface area contributed by atoms with Gasteiger partial charge < -0.3 is 61.2 Å². The van der Waals surface area contributed by atoms with Crippen LogP contribution in [0.15, 0.2) is 0 Å². The molecule has 0 spiro atoms. The number of ether oxygens (including phenoxy) is 3. The molecule has 13 heteroatoms. The lowest BCUT2D eigenvalue weighted by molar-refractivity contribution is -0.127. The van der Waals surface area contributed by atoms with Crippen LogP contribution in [0, 0.1) is 0 Å². The molecule has 0 aliphatic carbocycles. The molecule has 6 atom stereocenters. The molecule has 13 nitrogen and oxygen atoms in total. The first-order valence-corrected chi connectivity index (χ1v) is 8.84. The van der Waals surface area contributed by atoms with Gasteiger partial charge in [0.05, 0.1) is 51.8 Å². The van der Waals surface area contributed by atoms with Crippen molar-refractivity contribution in [1.29, 1.82) is 0 Å². The fraction of sp³-hybridized carbons (Fsp3) is 1.00. The van der Waals surface area contributed by atoms with Crippen LogP contribution in [0.2, 0.25) is 0 Å². The Labute approximate surface area is 163 Å². The second-order valence-electron chi connectivity index (χ2n) is 6.24. The van der Waals surface area contributed by atoms with Crippen molar-refractivity contribution in [2.75, 3.05) is 52.7 Å². The van der Waals surface area contributed by atoms with Crippen LogP contribution in [0.3, 0.4) is 0 Å². The van der Waals surface area contributed by atoms with Gasteiger partial charge in [0.2, 0.25) is 0 Å². The Balaban J connectivity index is 4.47. The van der Waals surface area contributed by atoms with Crippen LogP contribution in [0.5, 0.6) is 0 Å². The van der Waals surface area contributed by atoms with E-state index in [9.17, 15) is 30.6 Å². The van der Waals surface area contributed by atoms with Crippen molar-refractivity contribution in [3.63, 3.8) is 0 Å². The predicted molar refractivity (Wildman–Crippen MR) is 95.7 cm³/mol. The van der Waals surface area contributed by atoms with Gasteiger partial charge in [0, 0.05) is 13.1 Å². The molecule has 0 aliphatic heterocycles. The third-order valence-corrected chi connectivity index (χ3v) is 3.77. The van der Waals surface area contributed by atoms with Crippen LogP contribution in [-0.2, 0) is 19.0 Å². The Morgan fingerprint density at radius 1 is 0.536 bits per heavy atom. The summed E-state index contributed by atoms with van der Waals surface area (Å²) in [4.78, 5) is 4.24. The molecule has 0 aromatic carbocycles. The molecular formula is C15H35N3O10. The Morgan fingerprint density at radius 3 is 1.32 bits per heavy atom. The van der Waals surface area contributed by atoms with Gasteiger partial charge in [0.25, 0.3) is 0 Å². The second kappa shape index (κ2) is 16.3. The largest absolute Gasteiger partial charge is 0.389 e. The molecule has 0 saturated heterocycles. The molecule has 0 rings (SSSR count). The average molecular weight is 417 g/mol. The van der Waals surface area contributed by atoms with Crippen molar-refractivity contribution in [3.8, 4) is 0 Å². The van der Waals surface area contributed by atoms with Crippen molar-refractivity contribution >= 4 is 0 Å². The molecule has 28 heavy (non-hydrogen) atoms. The smallest absolute Gasteiger partial charge is 0.107 e. The lowest BCUT2D eigenvalue weighted by Crippen LogP contribution is -2.40. The lowest BCUT2D eigenvalue weighted by Gasteiger charge is -2.24. The van der Waals surface area contributed by atoms with Crippen LogP contribution in [0.1, 0.15) is 0 Å². The summed E-state index contributed by atoms with van der Waals surface area (Å²) < 4.78 is 15.9. The number of hydrogen-bond donors (Lipinski definition) is 9. The van der Waals surface area contributed by atoms with Gasteiger partial charge in [-0.15, -0.1) is 0 Å². The number of aliphatic hydroxyl groups excluding tert-OH is 6. The predicted octanol–water partition coefficient (Wildman–Crippen LogP) is -5.62. The highest BCUT2D eigenvalue weighted by molar-refractivity contribution is 4.70. The van der Waals surface area contributed by atoms with Gasteiger partial charge >= 0.3 is 0 Å². The van der Waals surface area contributed by atoms with Gasteiger partial charge in [0.1, 0.15) is 30.5 Å². The maximum Gasteiger partial charge on any atom is 0.107 e. The van der Waals surface area contributed by atoms with Crippen molar-refractivity contribution in [2.45, 2.75) is 42.7 Å². The van der Waals surface area contributed by atoms with E-state index in [1.54, 1.807) is 0 Å². The molecule has 0 aromatic heterocycles. The normalized spacial score (nSPS) is 19.6. The molecule has 0 saturated carbocycles. The van der Waals surface area contributed by atoms with Crippen LogP contribution in [-0.4, -0.2) is 126 Å². The van der Waals surface area contributed by atoms with Crippen LogP contribution in [0.25, 0.3) is 0 Å². The number of hydrogen-bond acceptors (Lipinski definition) is 13. The lowest BCUT2D eigenvalue weighted by atomic mass is 10.2. The molecule has 0 aliphatic rings. The zero-order chi connectivity index (χ0) is 21.5. The van der Waals surface area contributed by atoms with Gasteiger partial charge in [-0.3, -0.25) is 0 Å². The molecule has 170 valence electrons. The molecule has 0 aromatic rings. The van der Waals surface area contributed by atoms with E-state index >= 15 is 0 Å². The molecule has 0 radical (unpaired) electrons. The van der Waals surface area contributed by atoms with E-state index in [0.717, 1.165) is 0 Å². The summed E-state index contributed by atoms with van der Waals surface area (Å²) in [6, 6.07) is 0. The third-order valence-electron chi connectivity index (χ3n) is 3.77. The zero-order valence-electron chi connectivity index (χ0n) is 15.7. The highest BCUT2D eigenvalue weighted by Crippen LogP contribution is 2.03. The molecular weight excluding hydrogens is 382 g/mol. The van der Waals surface area contributed by atoms with Gasteiger partial charge in [-0.1, -0.05) is 0 Å². The standard InChI is InChI=1S/C15H35N3O10/c16-1-10(19)12(21)5-25-3-9(4-26-6-13(22)11(20)2-17)27-7-14(23)15(24)8-28-18/h9-15,19-24H,1-8,16-18H2. The van der Waals surface area contributed by atoms with Crippen LogP contribution in [0.4, 0.5) is 0 Å². The number of aliphatic hydroxyl groups is 6. The first kappa shape index (κ1) is 27.5. The number of rotatable bonds is 18. The summed E-state index contributed by atoms with van der Waals surface area (Å²) in [5, 5.41) is 57.4. The van der Waals surface area contributed by atoms with Crippen molar-refractivity contribution < 1.29 is 49.7 Å². The SMILES string of the molecule is NCC(O)C(O)COCC(COCC(O)C(O)CN)OCC(O)C(O)CON. The summed E-state index contributed by atoms with van der Waals surface area (Å²) in [5.74, 6) is 4.82. The van der Waals surface area contributed by atoms with E-state index in [1.807, 2.05) is 0 Å². The van der Waals surface area contributed by atoms with Gasteiger partial charge in [-0.2, -0.15) is 0 Å². The summed E-state index contributed by atoms with van der Waals surface area (Å²) in [7, 11) is 0. The van der Waals surface area contributed by atoms with Crippen molar-refractivity contribution in [1.82, 2.24) is 0 Å². The fourth-order valence-corrected chi connectivity index (χ4v) is 1.88. The molecule has 0 amide bonds. The fourth-order valence-electron chi connectivity index (χ4n) is 1.88. The molecule has 12 N–H and O–H groups in total. The first-order chi connectivity index (χ1) is 13.3. The summed E-state index contributed by atoms with van der Waals surface area (Å²) in [6.45, 7) is -1.51. The Morgan fingerprint density at radius 2 is 0.929 bits per heavy atom. The monoisotopic (exact) mass is 417 g/mol. The van der Waals surface area contributed by atoms with Crippen LogP contribution < -0.4 is 17.4 Å². The van der Waals surface area contributed by atoms with E-state index in [1.165, 1.54) is 0 Å². The molecule has 6 unspecified atom stereocenters. The van der Waals surface area contributed by atoms with Gasteiger partial charge in [-0.25, -0.2) is 5.90 Å². The Hall–Kier alpha value is -0.520. The van der Waals surface area contributed by atoms with E-state index in [4.69, 9.17) is 31.6 Å². The highest BCUT2D eigenvalue weighted by atomic mass is 16.6. The van der Waals surface area contributed by atoms with E-state index in [2.05, 4.69) is 4.84 Å². The maximum atomic E-state index is 9.77. The minimum absolute atomic E-state index is 0.0971. The number of nitrogens with two attached hydrogens (primary N) is 3. The Kier molecular flexibility index (Phi) is 16.0. The second-order valence-corrected chi connectivity index (χ2v) is 6.24. The van der Waals surface area contributed by atoms with Crippen molar-refractivity contribution in [2.24, 2.45) is 17.4 Å². The third kappa shape index (κ3) is 12.1. The van der Waals surface area contributed by atoms with Gasteiger partial charge in [-0.05, 0) is 0 Å². The molecule has 0 bridgehead atoms. The Bertz CT molecular complexity index is 349. The van der Waals surface area contributed by atoms with Gasteiger partial charge in [0.15, 0.2) is 0 Å². The van der Waals surface area contributed by atoms with Crippen molar-refractivity contribution in [3.05, 3.63) is 0 Å². The zero-order valence-corrected chi connectivity index (χ0v) is 15.7. The summed E-state index contributed by atoms with van der Waals surface area (Å²) >= 11 is 0. The maximum absolute atomic E-state index is 9.77. The summed E-state index contributed by atoms with van der Waals surface area (Å²) in [6.07, 6.45) is -7.99. The quantitative estimate of drug-likeness (QED) is 0.0946. The van der Waals surface area contributed by atoms with E-state index < -0.39 is 42.7 Å². The van der Waals surface area contributed by atoms with E-state index in [-0.39, 0.29) is 52.7 Å². The van der Waals surface area contributed by atoms with E-state index in [0.29, 0.717) is 0 Å². The molecule has 0 fully saturated rings. The topological polar surface area (TPSA) is 236 Å². The van der Waals surface area contributed by atoms with Crippen LogP contribution >= 0.6 is 0 Å². The average Bonchev–Trinajstić information content (AvgIpc) is 2.69. The molecule has 0 heterocycles. The first-order valence-electron chi connectivity index (χ1n) is 8.84. The minimum atomic E-state index is -1.29. The summed E-state index contributed by atoms with van der Waals surface area (Å²) in [5.41, 5.74) is 10.5.